The van der Waals surface area contributed by atoms with Crippen LogP contribution >= 0.6 is 0 Å². The number of quaternary nitrogens is 1. The summed E-state index contributed by atoms with van der Waals surface area (Å²) in [4.78, 5) is 10.6. The van der Waals surface area contributed by atoms with E-state index in [2.05, 4.69) is 27.7 Å². The first-order chi connectivity index (χ1) is 10.3. The van der Waals surface area contributed by atoms with E-state index in [4.69, 9.17) is 4.74 Å². The third kappa shape index (κ3) is 10.6. The SMILES string of the molecule is C=CC(=O)OC(C)C[N+](C)(C)C.Cc1ccc(S(=O)(=O)[O-])cc1. The molecule has 0 bridgehead atoms. The normalized spacial score (nSPS) is 12.6. The number of likely N-dealkylation sites (N-methyl/N-ethyl adjacent to an activating group) is 1. The highest BCUT2D eigenvalue weighted by Gasteiger charge is 2.15. The lowest BCUT2D eigenvalue weighted by atomic mass is 10.2. The molecule has 0 fully saturated rings. The molecule has 23 heavy (non-hydrogen) atoms. The van der Waals surface area contributed by atoms with Crippen molar-refractivity contribution in [1.29, 1.82) is 0 Å². The number of carbonyl (C=O) groups is 1. The van der Waals surface area contributed by atoms with Gasteiger partial charge in [-0.05, 0) is 26.0 Å². The zero-order valence-electron chi connectivity index (χ0n) is 14.3. The third-order valence-corrected chi connectivity index (χ3v) is 3.45. The van der Waals surface area contributed by atoms with Crippen LogP contribution in [0, 0.1) is 6.92 Å². The van der Waals surface area contributed by atoms with E-state index in [0.717, 1.165) is 16.6 Å². The van der Waals surface area contributed by atoms with Gasteiger partial charge in [0, 0.05) is 6.08 Å². The maximum absolute atomic E-state index is 10.8. The number of esters is 1. The summed E-state index contributed by atoms with van der Waals surface area (Å²) < 4.78 is 37.0. The van der Waals surface area contributed by atoms with Crippen molar-refractivity contribution in [2.75, 3.05) is 27.7 Å². The van der Waals surface area contributed by atoms with Crippen LogP contribution in [-0.2, 0) is 19.6 Å². The van der Waals surface area contributed by atoms with E-state index in [0.29, 0.717) is 0 Å². The van der Waals surface area contributed by atoms with Crippen LogP contribution in [0.4, 0.5) is 0 Å². The van der Waals surface area contributed by atoms with Crippen LogP contribution in [0.5, 0.6) is 0 Å². The Morgan fingerprint density at radius 3 is 2.13 bits per heavy atom. The maximum atomic E-state index is 10.8. The van der Waals surface area contributed by atoms with Crippen LogP contribution in [0.2, 0.25) is 0 Å². The lowest BCUT2D eigenvalue weighted by Crippen LogP contribution is -2.41. The second-order valence-electron chi connectivity index (χ2n) is 6.19. The highest BCUT2D eigenvalue weighted by Crippen LogP contribution is 2.08. The summed E-state index contributed by atoms with van der Waals surface area (Å²) in [7, 11) is 1.89. The molecule has 0 aliphatic carbocycles. The molecule has 7 heteroatoms. The number of hydrogen-bond acceptors (Lipinski definition) is 5. The van der Waals surface area contributed by atoms with E-state index in [1.165, 1.54) is 18.2 Å². The minimum absolute atomic E-state index is 0.0597. The topological polar surface area (TPSA) is 83.5 Å². The van der Waals surface area contributed by atoms with Crippen molar-refractivity contribution in [2.24, 2.45) is 0 Å². The van der Waals surface area contributed by atoms with Gasteiger partial charge in [-0.3, -0.25) is 0 Å². The highest BCUT2D eigenvalue weighted by atomic mass is 32.2. The molecule has 1 aromatic rings. The Balaban J connectivity index is 0.000000422. The Kier molecular flexibility index (Phi) is 8.16. The molecular weight excluding hydrogens is 318 g/mol. The minimum atomic E-state index is -4.27. The zero-order valence-corrected chi connectivity index (χ0v) is 15.1. The van der Waals surface area contributed by atoms with Gasteiger partial charge < -0.3 is 13.8 Å². The maximum Gasteiger partial charge on any atom is 0.330 e. The number of benzene rings is 1. The molecule has 130 valence electrons. The Bertz CT molecular complexity index is 615. The molecule has 0 saturated carbocycles. The third-order valence-electron chi connectivity index (χ3n) is 2.60. The summed E-state index contributed by atoms with van der Waals surface area (Å²) in [6.07, 6.45) is 1.13. The van der Waals surface area contributed by atoms with Crippen LogP contribution in [0.15, 0.2) is 41.8 Å². The monoisotopic (exact) mass is 343 g/mol. The molecule has 0 aromatic heterocycles. The summed E-state index contributed by atoms with van der Waals surface area (Å²) in [5.74, 6) is -0.351. The predicted octanol–water partition coefficient (Wildman–Crippen LogP) is 1.71. The lowest BCUT2D eigenvalue weighted by Gasteiger charge is -2.26. The van der Waals surface area contributed by atoms with Crippen LogP contribution in [-0.4, -0.2) is 57.2 Å². The molecule has 0 amide bonds. The van der Waals surface area contributed by atoms with E-state index in [-0.39, 0.29) is 17.0 Å². The Hall–Kier alpha value is -1.70. The van der Waals surface area contributed by atoms with Gasteiger partial charge in [-0.1, -0.05) is 24.3 Å². The highest BCUT2D eigenvalue weighted by molar-refractivity contribution is 7.85. The number of aryl methyl sites for hydroxylation is 1. The molecule has 1 aromatic carbocycles. The molecule has 0 aliphatic rings. The van der Waals surface area contributed by atoms with Gasteiger partial charge in [-0.2, -0.15) is 0 Å². The number of nitrogens with zero attached hydrogens (tertiary/aromatic N) is 1. The largest absolute Gasteiger partial charge is 0.744 e. The van der Waals surface area contributed by atoms with Gasteiger partial charge in [0.1, 0.15) is 22.8 Å². The van der Waals surface area contributed by atoms with Gasteiger partial charge in [0.15, 0.2) is 0 Å². The van der Waals surface area contributed by atoms with E-state index < -0.39 is 10.1 Å². The predicted molar refractivity (Wildman–Crippen MR) is 87.8 cm³/mol. The van der Waals surface area contributed by atoms with E-state index in [1.54, 1.807) is 12.1 Å². The number of ether oxygens (including phenoxy) is 1. The fraction of sp³-hybridized carbons (Fsp3) is 0.438. The minimum Gasteiger partial charge on any atom is -0.744 e. The molecule has 0 heterocycles. The summed E-state index contributed by atoms with van der Waals surface area (Å²) in [6, 6.07) is 5.78. The molecule has 1 unspecified atom stereocenters. The van der Waals surface area contributed by atoms with Crippen LogP contribution in [0.3, 0.4) is 0 Å². The number of rotatable bonds is 5. The average Bonchev–Trinajstić information content (AvgIpc) is 2.36. The summed E-state index contributed by atoms with van der Waals surface area (Å²) >= 11 is 0. The average molecular weight is 343 g/mol. The van der Waals surface area contributed by atoms with Gasteiger partial charge >= 0.3 is 5.97 Å². The van der Waals surface area contributed by atoms with Gasteiger partial charge in [-0.15, -0.1) is 0 Å². The molecule has 1 rings (SSSR count). The standard InChI is InChI=1S/C9H18NO2.C7H8O3S/c1-6-9(11)12-8(2)7-10(3,4)5;1-6-2-4-7(5-3-6)11(8,9)10/h6,8H,1,7H2,2-5H3;2-5H,1H3,(H,8,9,10)/q+1;/p-1. The Morgan fingerprint density at radius 1 is 1.30 bits per heavy atom. The van der Waals surface area contributed by atoms with E-state index in [9.17, 15) is 17.8 Å². The summed E-state index contributed by atoms with van der Waals surface area (Å²) in [5, 5.41) is 0. The molecule has 6 nitrogen and oxygen atoms in total. The summed E-state index contributed by atoms with van der Waals surface area (Å²) in [6.45, 7) is 7.84. The van der Waals surface area contributed by atoms with E-state index >= 15 is 0 Å². The molecule has 0 saturated heterocycles. The number of hydrogen-bond donors (Lipinski definition) is 0. The molecule has 0 spiro atoms. The van der Waals surface area contributed by atoms with Gasteiger partial charge in [0.2, 0.25) is 0 Å². The fourth-order valence-electron chi connectivity index (χ4n) is 1.76. The summed E-state index contributed by atoms with van der Waals surface area (Å²) in [5.41, 5.74) is 0.928. The Morgan fingerprint density at radius 2 is 1.78 bits per heavy atom. The van der Waals surface area contributed by atoms with Crippen molar-refractivity contribution in [3.63, 3.8) is 0 Å². The molecular formula is C16H25NO5S. The van der Waals surface area contributed by atoms with Crippen molar-refractivity contribution in [1.82, 2.24) is 0 Å². The van der Waals surface area contributed by atoms with Crippen LogP contribution < -0.4 is 0 Å². The molecule has 1 atom stereocenters. The van der Waals surface area contributed by atoms with Gasteiger partial charge in [0.05, 0.1) is 26.0 Å². The first-order valence-corrected chi connectivity index (χ1v) is 8.42. The first kappa shape index (κ1) is 21.3. The van der Waals surface area contributed by atoms with E-state index in [1.807, 2.05) is 13.8 Å². The first-order valence-electron chi connectivity index (χ1n) is 7.01. The molecule has 0 N–H and O–H groups in total. The van der Waals surface area contributed by atoms with Crippen molar-refractivity contribution < 1.29 is 27.0 Å². The molecule has 0 aliphatic heterocycles. The molecule has 0 radical (unpaired) electrons. The smallest absolute Gasteiger partial charge is 0.330 e. The second kappa shape index (κ2) is 8.81. The number of carbonyl (C=O) groups excluding carboxylic acids is 1. The van der Waals surface area contributed by atoms with Crippen molar-refractivity contribution in [2.45, 2.75) is 24.8 Å². The lowest BCUT2D eigenvalue weighted by molar-refractivity contribution is -0.873. The zero-order chi connectivity index (χ0) is 18.3. The second-order valence-corrected chi connectivity index (χ2v) is 7.57. The van der Waals surface area contributed by atoms with Gasteiger partial charge in [-0.25, -0.2) is 13.2 Å². The quantitative estimate of drug-likeness (QED) is 0.352. The Labute approximate surface area is 138 Å². The van der Waals surface area contributed by atoms with Crippen LogP contribution in [0.25, 0.3) is 0 Å². The van der Waals surface area contributed by atoms with Crippen molar-refractivity contribution in [3.8, 4) is 0 Å². The van der Waals surface area contributed by atoms with Crippen molar-refractivity contribution in [3.05, 3.63) is 42.5 Å². The fourth-order valence-corrected chi connectivity index (χ4v) is 2.23. The van der Waals surface area contributed by atoms with Crippen molar-refractivity contribution >= 4 is 16.1 Å². The van der Waals surface area contributed by atoms with Gasteiger partial charge in [0.25, 0.3) is 0 Å². The van der Waals surface area contributed by atoms with Crippen LogP contribution in [0.1, 0.15) is 12.5 Å².